The second kappa shape index (κ2) is 7.59. The fraction of sp³-hybridized carbons (Fsp3) is 0.381. The van der Waals surface area contributed by atoms with E-state index < -0.39 is 15.6 Å². The summed E-state index contributed by atoms with van der Waals surface area (Å²) in [5.74, 6) is 1.17. The van der Waals surface area contributed by atoms with Crippen LogP contribution in [0.4, 0.5) is 5.69 Å². The molecule has 1 heterocycles. The van der Waals surface area contributed by atoms with Crippen molar-refractivity contribution in [1.82, 2.24) is 5.32 Å². The highest BCUT2D eigenvalue weighted by atomic mass is 32.2. The van der Waals surface area contributed by atoms with E-state index >= 15 is 0 Å². The summed E-state index contributed by atoms with van der Waals surface area (Å²) < 4.78 is 36.7. The molecule has 1 amide bonds. The highest BCUT2D eigenvalue weighted by Crippen LogP contribution is 2.41. The van der Waals surface area contributed by atoms with Crippen LogP contribution in [0.3, 0.4) is 0 Å². The SMILES string of the molecule is COc1ccc2c(c1)[C@@H](NC(=O)c1ccc(NS(C)(=O)=O)c(C)c1)CC(C)(C)O2. The summed E-state index contributed by atoms with van der Waals surface area (Å²) in [5.41, 5.74) is 2.00. The third-order valence-electron chi connectivity index (χ3n) is 4.76. The molecule has 0 saturated carbocycles. The predicted molar refractivity (Wildman–Crippen MR) is 112 cm³/mol. The highest BCUT2D eigenvalue weighted by Gasteiger charge is 2.35. The van der Waals surface area contributed by atoms with E-state index in [2.05, 4.69) is 10.0 Å². The number of ether oxygens (including phenoxy) is 2. The van der Waals surface area contributed by atoms with E-state index in [9.17, 15) is 13.2 Å². The van der Waals surface area contributed by atoms with Gasteiger partial charge in [-0.25, -0.2) is 8.42 Å². The van der Waals surface area contributed by atoms with Crippen molar-refractivity contribution in [3.63, 3.8) is 0 Å². The van der Waals surface area contributed by atoms with Crippen molar-refractivity contribution >= 4 is 21.6 Å². The molecule has 0 bridgehead atoms. The number of nitrogens with one attached hydrogen (secondary N) is 2. The molecule has 156 valence electrons. The molecule has 2 aromatic rings. The van der Waals surface area contributed by atoms with Crippen LogP contribution in [0.25, 0.3) is 0 Å². The van der Waals surface area contributed by atoms with Gasteiger partial charge in [-0.1, -0.05) is 0 Å². The number of rotatable bonds is 5. The molecule has 3 rings (SSSR count). The number of fused-ring (bicyclic) bond motifs is 1. The van der Waals surface area contributed by atoms with Crippen LogP contribution in [0.1, 0.15) is 47.8 Å². The number of hydrogen-bond donors (Lipinski definition) is 2. The molecule has 2 aromatic carbocycles. The summed E-state index contributed by atoms with van der Waals surface area (Å²) in [6.07, 6.45) is 1.69. The summed E-state index contributed by atoms with van der Waals surface area (Å²) in [4.78, 5) is 12.9. The molecule has 29 heavy (non-hydrogen) atoms. The average molecular weight is 419 g/mol. The number of anilines is 1. The Kier molecular flexibility index (Phi) is 5.49. The minimum absolute atomic E-state index is 0.240. The number of aryl methyl sites for hydroxylation is 1. The Balaban J connectivity index is 1.86. The fourth-order valence-corrected chi connectivity index (χ4v) is 4.08. The van der Waals surface area contributed by atoms with Crippen LogP contribution in [0, 0.1) is 6.92 Å². The second-order valence-electron chi connectivity index (χ2n) is 7.90. The first-order chi connectivity index (χ1) is 13.5. The zero-order valence-corrected chi connectivity index (χ0v) is 18.0. The monoisotopic (exact) mass is 418 g/mol. The Bertz CT molecular complexity index is 1050. The van der Waals surface area contributed by atoms with Crippen molar-refractivity contribution in [3.8, 4) is 11.5 Å². The number of amides is 1. The zero-order valence-electron chi connectivity index (χ0n) is 17.2. The van der Waals surface area contributed by atoms with Crippen LogP contribution in [0.15, 0.2) is 36.4 Å². The number of hydrogen-bond acceptors (Lipinski definition) is 5. The number of carbonyl (C=O) groups excluding carboxylic acids is 1. The molecular weight excluding hydrogens is 392 g/mol. The average Bonchev–Trinajstić information content (AvgIpc) is 2.61. The van der Waals surface area contributed by atoms with Crippen LogP contribution >= 0.6 is 0 Å². The molecule has 8 heteroatoms. The number of methoxy groups -OCH3 is 1. The van der Waals surface area contributed by atoms with Crippen LogP contribution in [0.2, 0.25) is 0 Å². The van der Waals surface area contributed by atoms with Gasteiger partial charge in [-0.3, -0.25) is 9.52 Å². The van der Waals surface area contributed by atoms with Gasteiger partial charge in [0.1, 0.15) is 17.1 Å². The lowest BCUT2D eigenvalue weighted by Gasteiger charge is -2.38. The third kappa shape index (κ3) is 5.00. The summed E-state index contributed by atoms with van der Waals surface area (Å²) in [7, 11) is -1.79. The summed E-state index contributed by atoms with van der Waals surface area (Å²) in [6.45, 7) is 5.71. The van der Waals surface area contributed by atoms with Gasteiger partial charge in [-0.05, 0) is 62.7 Å². The molecule has 0 saturated heterocycles. The number of carbonyl (C=O) groups is 1. The van der Waals surface area contributed by atoms with Crippen molar-refractivity contribution in [2.75, 3.05) is 18.1 Å². The first-order valence-electron chi connectivity index (χ1n) is 9.24. The maximum Gasteiger partial charge on any atom is 0.251 e. The smallest absolute Gasteiger partial charge is 0.251 e. The Morgan fingerprint density at radius 3 is 2.55 bits per heavy atom. The van der Waals surface area contributed by atoms with Crippen molar-refractivity contribution in [2.24, 2.45) is 0 Å². The zero-order chi connectivity index (χ0) is 21.4. The first-order valence-corrected chi connectivity index (χ1v) is 11.1. The maximum absolute atomic E-state index is 12.9. The lowest BCUT2D eigenvalue weighted by Crippen LogP contribution is -2.41. The Hall–Kier alpha value is -2.74. The molecule has 2 N–H and O–H groups in total. The van der Waals surface area contributed by atoms with Gasteiger partial charge < -0.3 is 14.8 Å². The fourth-order valence-electron chi connectivity index (χ4n) is 3.45. The third-order valence-corrected chi connectivity index (χ3v) is 5.35. The van der Waals surface area contributed by atoms with Gasteiger partial charge in [-0.2, -0.15) is 0 Å². The van der Waals surface area contributed by atoms with E-state index in [1.165, 1.54) is 0 Å². The topological polar surface area (TPSA) is 93.7 Å². The van der Waals surface area contributed by atoms with Gasteiger partial charge in [0.05, 0.1) is 25.1 Å². The lowest BCUT2D eigenvalue weighted by atomic mass is 9.89. The van der Waals surface area contributed by atoms with Gasteiger partial charge in [0.25, 0.3) is 5.91 Å². The minimum Gasteiger partial charge on any atom is -0.497 e. The Labute approximate surface area is 171 Å². The molecule has 7 nitrogen and oxygen atoms in total. The minimum atomic E-state index is -3.38. The van der Waals surface area contributed by atoms with Crippen molar-refractivity contribution in [1.29, 1.82) is 0 Å². The van der Waals surface area contributed by atoms with Crippen molar-refractivity contribution < 1.29 is 22.7 Å². The van der Waals surface area contributed by atoms with Gasteiger partial charge in [-0.15, -0.1) is 0 Å². The van der Waals surface area contributed by atoms with Crippen molar-refractivity contribution in [2.45, 2.75) is 38.8 Å². The number of sulfonamides is 1. The van der Waals surface area contributed by atoms with Crippen molar-refractivity contribution in [3.05, 3.63) is 53.1 Å². The molecule has 0 aromatic heterocycles. The van der Waals surface area contributed by atoms with E-state index in [-0.39, 0.29) is 11.9 Å². The van der Waals surface area contributed by atoms with E-state index in [0.29, 0.717) is 29.0 Å². The predicted octanol–water partition coefficient (Wildman–Crippen LogP) is 3.41. The number of benzene rings is 2. The van der Waals surface area contributed by atoms with Gasteiger partial charge in [0, 0.05) is 17.5 Å². The second-order valence-corrected chi connectivity index (χ2v) is 9.65. The van der Waals surface area contributed by atoms with Crippen LogP contribution < -0.4 is 19.5 Å². The largest absolute Gasteiger partial charge is 0.497 e. The van der Waals surface area contributed by atoms with Gasteiger partial charge >= 0.3 is 0 Å². The standard InChI is InChI=1S/C21H26N2O5S/c1-13-10-14(6-8-17(13)23-29(5,25)26)20(24)22-18-12-21(2,3)28-19-9-7-15(27-4)11-16(18)19/h6-11,18,23H,12H2,1-5H3,(H,22,24)/t18-/m0/s1. The lowest BCUT2D eigenvalue weighted by molar-refractivity contribution is 0.0618. The highest BCUT2D eigenvalue weighted by molar-refractivity contribution is 7.92. The Morgan fingerprint density at radius 1 is 1.21 bits per heavy atom. The molecular formula is C21H26N2O5S. The quantitative estimate of drug-likeness (QED) is 0.776. The van der Waals surface area contributed by atoms with E-state index in [0.717, 1.165) is 17.6 Å². The molecule has 0 spiro atoms. The van der Waals surface area contributed by atoms with Gasteiger partial charge in [0.2, 0.25) is 10.0 Å². The van der Waals surface area contributed by atoms with Gasteiger partial charge in [0.15, 0.2) is 0 Å². The molecule has 1 atom stereocenters. The molecule has 0 unspecified atom stereocenters. The molecule has 1 aliphatic heterocycles. The molecule has 0 fully saturated rings. The van der Waals surface area contributed by atoms with Crippen LogP contribution in [0.5, 0.6) is 11.5 Å². The first kappa shape index (κ1) is 21.0. The van der Waals surface area contributed by atoms with Crippen LogP contribution in [-0.4, -0.2) is 33.3 Å². The summed E-state index contributed by atoms with van der Waals surface area (Å²) in [6, 6.07) is 10.2. The molecule has 0 aliphatic carbocycles. The van der Waals surface area contributed by atoms with Crippen LogP contribution in [-0.2, 0) is 10.0 Å². The normalized spacial score (nSPS) is 17.6. The summed E-state index contributed by atoms with van der Waals surface area (Å²) >= 11 is 0. The molecule has 0 radical (unpaired) electrons. The van der Waals surface area contributed by atoms with E-state index in [1.54, 1.807) is 32.2 Å². The van der Waals surface area contributed by atoms with E-state index in [1.807, 2.05) is 32.0 Å². The maximum atomic E-state index is 12.9. The molecule has 1 aliphatic rings. The van der Waals surface area contributed by atoms with E-state index in [4.69, 9.17) is 9.47 Å². The Morgan fingerprint density at radius 2 is 1.93 bits per heavy atom. The summed E-state index contributed by atoms with van der Waals surface area (Å²) in [5, 5.41) is 3.08.